The first kappa shape index (κ1) is 12.7. The van der Waals surface area contributed by atoms with Gasteiger partial charge in [0.25, 0.3) is 0 Å². The van der Waals surface area contributed by atoms with Gasteiger partial charge in [0.1, 0.15) is 0 Å². The third-order valence-electron chi connectivity index (χ3n) is 2.40. The van der Waals surface area contributed by atoms with E-state index in [4.69, 9.17) is 0 Å². The smallest absolute Gasteiger partial charge is 0.172 e. The average molecular weight is 313 g/mol. The summed E-state index contributed by atoms with van der Waals surface area (Å²) < 4.78 is 2.93. The third-order valence-corrected chi connectivity index (χ3v) is 4.06. The third kappa shape index (κ3) is 2.91. The van der Waals surface area contributed by atoms with Crippen molar-refractivity contribution in [3.05, 3.63) is 40.6 Å². The van der Waals surface area contributed by atoms with Gasteiger partial charge in [-0.15, -0.1) is 0 Å². The summed E-state index contributed by atoms with van der Waals surface area (Å²) in [6.07, 6.45) is 3.18. The normalized spacial score (nSPS) is 12.7. The summed E-state index contributed by atoms with van der Waals surface area (Å²) in [6.45, 7) is 1.77. The van der Waals surface area contributed by atoms with Gasteiger partial charge in [0.2, 0.25) is 0 Å². The SMILES string of the molecule is CC(O)c1cc(Br)ccc1Sc1nccn1C. The Morgan fingerprint density at radius 3 is 2.82 bits per heavy atom. The van der Waals surface area contributed by atoms with E-state index < -0.39 is 6.10 Å². The lowest BCUT2D eigenvalue weighted by Gasteiger charge is -2.11. The molecule has 1 heterocycles. The molecule has 1 aromatic heterocycles. The Balaban J connectivity index is 2.36. The molecule has 3 nitrogen and oxygen atoms in total. The van der Waals surface area contributed by atoms with Crippen LogP contribution in [0.1, 0.15) is 18.6 Å². The van der Waals surface area contributed by atoms with Crippen LogP contribution in [0, 0.1) is 0 Å². The summed E-state index contributed by atoms with van der Waals surface area (Å²) >= 11 is 4.97. The van der Waals surface area contributed by atoms with Crippen LogP contribution in [0.25, 0.3) is 0 Å². The van der Waals surface area contributed by atoms with E-state index in [9.17, 15) is 5.11 Å². The van der Waals surface area contributed by atoms with Crippen LogP contribution in [0.4, 0.5) is 0 Å². The molecule has 2 aromatic rings. The maximum Gasteiger partial charge on any atom is 0.172 e. The number of aryl methyl sites for hydroxylation is 1. The van der Waals surface area contributed by atoms with Gasteiger partial charge in [-0.05, 0) is 30.7 Å². The number of aliphatic hydroxyl groups is 1. The Morgan fingerprint density at radius 2 is 2.24 bits per heavy atom. The van der Waals surface area contributed by atoms with Gasteiger partial charge >= 0.3 is 0 Å². The van der Waals surface area contributed by atoms with Crippen LogP contribution in [0.2, 0.25) is 0 Å². The minimum atomic E-state index is -0.490. The van der Waals surface area contributed by atoms with Crippen molar-refractivity contribution in [2.24, 2.45) is 7.05 Å². The van der Waals surface area contributed by atoms with Gasteiger partial charge in [0.15, 0.2) is 5.16 Å². The highest BCUT2D eigenvalue weighted by Gasteiger charge is 2.11. The van der Waals surface area contributed by atoms with E-state index in [1.807, 2.05) is 36.0 Å². The second-order valence-corrected chi connectivity index (χ2v) is 5.71. The Hall–Kier alpha value is -0.780. The number of imidazole rings is 1. The highest BCUT2D eigenvalue weighted by Crippen LogP contribution is 2.33. The highest BCUT2D eigenvalue weighted by atomic mass is 79.9. The number of aliphatic hydroxyl groups excluding tert-OH is 1. The first-order valence-corrected chi connectivity index (χ1v) is 6.81. The number of rotatable bonds is 3. The topological polar surface area (TPSA) is 38.1 Å². The van der Waals surface area contributed by atoms with E-state index >= 15 is 0 Å². The molecule has 1 N–H and O–H groups in total. The summed E-state index contributed by atoms with van der Waals surface area (Å²) in [6, 6.07) is 5.90. The number of nitrogens with zero attached hydrogens (tertiary/aromatic N) is 2. The number of hydrogen-bond acceptors (Lipinski definition) is 3. The Morgan fingerprint density at radius 1 is 1.47 bits per heavy atom. The molecule has 0 saturated carbocycles. The standard InChI is InChI=1S/C12H13BrN2OS/c1-8(16)10-7-9(13)3-4-11(10)17-12-14-5-6-15(12)2/h3-8,16H,1-2H3. The van der Waals surface area contributed by atoms with Crippen molar-refractivity contribution in [1.82, 2.24) is 9.55 Å². The van der Waals surface area contributed by atoms with Gasteiger partial charge in [0, 0.05) is 28.8 Å². The van der Waals surface area contributed by atoms with Crippen LogP contribution in [-0.4, -0.2) is 14.7 Å². The molecule has 0 radical (unpaired) electrons. The number of halogens is 1. The molecule has 1 atom stereocenters. The van der Waals surface area contributed by atoms with E-state index in [2.05, 4.69) is 20.9 Å². The number of benzene rings is 1. The van der Waals surface area contributed by atoms with Crippen LogP contribution in [0.5, 0.6) is 0 Å². The lowest BCUT2D eigenvalue weighted by molar-refractivity contribution is 0.196. The van der Waals surface area contributed by atoms with Gasteiger partial charge in [0.05, 0.1) is 6.10 Å². The first-order valence-electron chi connectivity index (χ1n) is 5.20. The summed E-state index contributed by atoms with van der Waals surface area (Å²) in [7, 11) is 1.95. The molecule has 0 saturated heterocycles. The van der Waals surface area contributed by atoms with Crippen LogP contribution in [0.15, 0.2) is 45.1 Å². The van der Waals surface area contributed by atoms with Crippen LogP contribution in [0.3, 0.4) is 0 Å². The summed E-state index contributed by atoms with van der Waals surface area (Å²) in [5, 5.41) is 10.7. The zero-order chi connectivity index (χ0) is 12.4. The number of aromatic nitrogens is 2. The van der Waals surface area contributed by atoms with Crippen molar-refractivity contribution >= 4 is 27.7 Å². The quantitative estimate of drug-likeness (QED) is 0.944. The van der Waals surface area contributed by atoms with Crippen molar-refractivity contribution in [3.63, 3.8) is 0 Å². The molecular formula is C12H13BrN2OS. The minimum absolute atomic E-state index is 0.490. The number of hydrogen-bond donors (Lipinski definition) is 1. The van der Waals surface area contributed by atoms with Crippen molar-refractivity contribution < 1.29 is 5.11 Å². The second-order valence-electron chi connectivity index (χ2n) is 3.78. The predicted octanol–water partition coefficient (Wildman–Crippen LogP) is 3.39. The van der Waals surface area contributed by atoms with Crippen LogP contribution < -0.4 is 0 Å². The van der Waals surface area contributed by atoms with Gasteiger partial charge in [-0.3, -0.25) is 0 Å². The van der Waals surface area contributed by atoms with Gasteiger partial charge < -0.3 is 9.67 Å². The summed E-state index contributed by atoms with van der Waals surface area (Å²) in [4.78, 5) is 5.29. The molecule has 1 unspecified atom stereocenters. The molecule has 0 spiro atoms. The van der Waals surface area contributed by atoms with Crippen molar-refractivity contribution in [1.29, 1.82) is 0 Å². The summed E-state index contributed by atoms with van der Waals surface area (Å²) in [5.74, 6) is 0. The fraction of sp³-hybridized carbons (Fsp3) is 0.250. The van der Waals surface area contributed by atoms with Crippen molar-refractivity contribution in [2.45, 2.75) is 23.1 Å². The molecule has 17 heavy (non-hydrogen) atoms. The second kappa shape index (κ2) is 5.25. The Labute approximate surface area is 113 Å². The molecule has 0 fully saturated rings. The van der Waals surface area contributed by atoms with Crippen molar-refractivity contribution in [3.8, 4) is 0 Å². The molecule has 0 bridgehead atoms. The van der Waals surface area contributed by atoms with Gasteiger partial charge in [-0.2, -0.15) is 0 Å². The predicted molar refractivity (Wildman–Crippen MR) is 72.1 cm³/mol. The molecule has 0 aliphatic carbocycles. The van der Waals surface area contributed by atoms with Gasteiger partial charge in [-0.25, -0.2) is 4.98 Å². The van der Waals surface area contributed by atoms with Gasteiger partial charge in [-0.1, -0.05) is 27.7 Å². The van der Waals surface area contributed by atoms with E-state index in [1.165, 1.54) is 0 Å². The fourth-order valence-electron chi connectivity index (χ4n) is 1.49. The van der Waals surface area contributed by atoms with Crippen LogP contribution in [-0.2, 0) is 7.05 Å². The van der Waals surface area contributed by atoms with E-state index in [1.54, 1.807) is 24.9 Å². The first-order chi connectivity index (χ1) is 8.08. The molecule has 0 aliphatic rings. The molecule has 90 valence electrons. The Kier molecular flexibility index (Phi) is 3.91. The molecule has 2 rings (SSSR count). The zero-order valence-electron chi connectivity index (χ0n) is 9.59. The lowest BCUT2D eigenvalue weighted by Crippen LogP contribution is -1.96. The zero-order valence-corrected chi connectivity index (χ0v) is 12.0. The lowest BCUT2D eigenvalue weighted by atomic mass is 10.1. The summed E-state index contributed by atoms with van der Waals surface area (Å²) in [5.41, 5.74) is 0.910. The maximum absolute atomic E-state index is 9.77. The Bertz CT molecular complexity index is 525. The molecule has 1 aromatic carbocycles. The molecular weight excluding hydrogens is 300 g/mol. The van der Waals surface area contributed by atoms with Crippen LogP contribution >= 0.6 is 27.7 Å². The minimum Gasteiger partial charge on any atom is -0.389 e. The highest BCUT2D eigenvalue weighted by molar-refractivity contribution is 9.10. The maximum atomic E-state index is 9.77. The molecule has 5 heteroatoms. The van der Waals surface area contributed by atoms with E-state index in [0.29, 0.717) is 0 Å². The monoisotopic (exact) mass is 312 g/mol. The average Bonchev–Trinajstić information content (AvgIpc) is 2.67. The largest absolute Gasteiger partial charge is 0.389 e. The van der Waals surface area contributed by atoms with E-state index in [-0.39, 0.29) is 0 Å². The molecule has 0 aliphatic heterocycles. The fourth-order valence-corrected chi connectivity index (χ4v) is 2.86. The van der Waals surface area contributed by atoms with E-state index in [0.717, 1.165) is 20.1 Å². The van der Waals surface area contributed by atoms with Crippen molar-refractivity contribution in [2.75, 3.05) is 0 Å². The molecule has 0 amide bonds.